The van der Waals surface area contributed by atoms with Gasteiger partial charge in [0.15, 0.2) is 0 Å². The Morgan fingerprint density at radius 2 is 1.65 bits per heavy atom. The van der Waals surface area contributed by atoms with Crippen LogP contribution in [0.1, 0.15) is 29.0 Å². The Bertz CT molecular complexity index is 1080. The van der Waals surface area contributed by atoms with Crippen LogP contribution in [-0.2, 0) is 16.0 Å². The molecule has 4 rings (SSSR count). The maximum Gasteiger partial charge on any atom is 0.412 e. The molecule has 0 unspecified atom stereocenters. The fraction of sp³-hybridized carbons (Fsp3) is 0.208. The fourth-order valence-corrected chi connectivity index (χ4v) is 3.87. The van der Waals surface area contributed by atoms with Crippen molar-refractivity contribution in [3.8, 4) is 17.0 Å². The van der Waals surface area contributed by atoms with Gasteiger partial charge in [0.1, 0.15) is 12.4 Å². The zero-order valence-corrected chi connectivity index (χ0v) is 17.0. The van der Waals surface area contributed by atoms with Crippen LogP contribution in [0.2, 0.25) is 0 Å². The summed E-state index contributed by atoms with van der Waals surface area (Å²) in [7, 11) is 1.47. The Morgan fingerprint density at radius 1 is 1.00 bits per heavy atom. The lowest BCUT2D eigenvalue weighted by Crippen LogP contribution is -2.19. The number of fused-ring (bicyclic) bond motifs is 3. The van der Waals surface area contributed by atoms with Crippen molar-refractivity contribution >= 4 is 17.9 Å². The van der Waals surface area contributed by atoms with E-state index >= 15 is 0 Å². The molecule has 1 aliphatic rings. The SMILES string of the molecule is COc1ccc(CCC(=O)O)c(NC(=O)OCC2c3ccccc3-c3ccccc32)n1. The number of rotatable bonds is 7. The molecule has 7 nitrogen and oxygen atoms in total. The van der Waals surface area contributed by atoms with Crippen LogP contribution in [0.4, 0.5) is 10.6 Å². The Morgan fingerprint density at radius 3 is 2.26 bits per heavy atom. The number of aryl methyl sites for hydroxylation is 1. The van der Waals surface area contributed by atoms with Gasteiger partial charge in [0, 0.05) is 18.4 Å². The number of aliphatic carboxylic acids is 1. The number of carboxylic acids is 1. The molecule has 0 bridgehead atoms. The first-order chi connectivity index (χ1) is 15.1. The molecule has 1 aromatic heterocycles. The standard InChI is InChI=1S/C24H22N2O5/c1-30-21-12-10-15(11-13-22(27)28)23(25-21)26-24(29)31-14-20-18-8-4-2-6-16(18)17-7-3-5-9-19(17)20/h2-10,12,20H,11,13-14H2,1H3,(H,27,28)(H,25,26,29). The summed E-state index contributed by atoms with van der Waals surface area (Å²) in [6, 6.07) is 19.5. The first kappa shape index (κ1) is 20.4. The number of benzene rings is 2. The first-order valence-electron chi connectivity index (χ1n) is 9.94. The molecule has 158 valence electrons. The van der Waals surface area contributed by atoms with Crippen LogP contribution in [0, 0.1) is 0 Å². The van der Waals surface area contributed by atoms with Gasteiger partial charge in [-0.1, -0.05) is 48.5 Å². The number of methoxy groups -OCH3 is 1. The van der Waals surface area contributed by atoms with Crippen molar-refractivity contribution in [1.82, 2.24) is 4.98 Å². The third-order valence-electron chi connectivity index (χ3n) is 5.33. The average Bonchev–Trinajstić information content (AvgIpc) is 3.10. The minimum atomic E-state index is -0.928. The highest BCUT2D eigenvalue weighted by atomic mass is 16.5. The summed E-state index contributed by atoms with van der Waals surface area (Å²) >= 11 is 0. The lowest BCUT2D eigenvalue weighted by Gasteiger charge is -2.15. The van der Waals surface area contributed by atoms with E-state index in [1.807, 2.05) is 24.3 Å². The smallest absolute Gasteiger partial charge is 0.412 e. The molecule has 7 heteroatoms. The molecule has 0 fully saturated rings. The van der Waals surface area contributed by atoms with Gasteiger partial charge in [-0.15, -0.1) is 0 Å². The maximum absolute atomic E-state index is 12.6. The summed E-state index contributed by atoms with van der Waals surface area (Å²) in [4.78, 5) is 27.7. The van der Waals surface area contributed by atoms with Crippen molar-refractivity contribution in [1.29, 1.82) is 0 Å². The summed E-state index contributed by atoms with van der Waals surface area (Å²) in [5.41, 5.74) is 5.14. The molecule has 0 saturated heterocycles. The summed E-state index contributed by atoms with van der Waals surface area (Å²) in [6.45, 7) is 0.175. The minimum Gasteiger partial charge on any atom is -0.481 e. The Labute approximate surface area is 179 Å². The quantitative estimate of drug-likeness (QED) is 0.588. The van der Waals surface area contributed by atoms with Crippen LogP contribution in [-0.4, -0.2) is 35.9 Å². The summed E-state index contributed by atoms with van der Waals surface area (Å²) in [5.74, 6) is -0.434. The summed E-state index contributed by atoms with van der Waals surface area (Å²) < 4.78 is 10.7. The van der Waals surface area contributed by atoms with Gasteiger partial charge in [-0.25, -0.2) is 4.79 Å². The number of anilines is 1. The van der Waals surface area contributed by atoms with E-state index in [0.29, 0.717) is 11.4 Å². The molecule has 1 heterocycles. The third-order valence-corrected chi connectivity index (χ3v) is 5.33. The van der Waals surface area contributed by atoms with Crippen molar-refractivity contribution in [2.24, 2.45) is 0 Å². The van der Waals surface area contributed by atoms with Crippen LogP contribution in [0.5, 0.6) is 5.88 Å². The monoisotopic (exact) mass is 418 g/mol. The Balaban J connectivity index is 1.48. The van der Waals surface area contributed by atoms with Crippen LogP contribution >= 0.6 is 0 Å². The van der Waals surface area contributed by atoms with E-state index in [2.05, 4.69) is 34.6 Å². The van der Waals surface area contributed by atoms with Gasteiger partial charge in [0.2, 0.25) is 5.88 Å². The van der Waals surface area contributed by atoms with E-state index in [9.17, 15) is 9.59 Å². The molecule has 2 N–H and O–H groups in total. The molecule has 1 aliphatic carbocycles. The zero-order chi connectivity index (χ0) is 21.8. The summed E-state index contributed by atoms with van der Waals surface area (Å²) in [6.07, 6.45) is -0.502. The lowest BCUT2D eigenvalue weighted by atomic mass is 9.98. The van der Waals surface area contributed by atoms with Gasteiger partial charge in [0.25, 0.3) is 0 Å². The van der Waals surface area contributed by atoms with E-state index in [-0.39, 0.29) is 31.2 Å². The molecular formula is C24H22N2O5. The molecule has 0 aliphatic heterocycles. The number of carbonyl (C=O) groups is 2. The second-order valence-electron chi connectivity index (χ2n) is 7.21. The molecule has 0 spiro atoms. The van der Waals surface area contributed by atoms with Crippen molar-refractivity contribution in [2.45, 2.75) is 18.8 Å². The highest BCUT2D eigenvalue weighted by Crippen LogP contribution is 2.44. The van der Waals surface area contributed by atoms with E-state index in [0.717, 1.165) is 22.3 Å². The van der Waals surface area contributed by atoms with Crippen molar-refractivity contribution in [3.05, 3.63) is 77.4 Å². The van der Waals surface area contributed by atoms with Gasteiger partial charge >= 0.3 is 12.1 Å². The van der Waals surface area contributed by atoms with Crippen LogP contribution in [0.3, 0.4) is 0 Å². The number of hydrogen-bond donors (Lipinski definition) is 2. The molecule has 1 amide bonds. The second-order valence-corrected chi connectivity index (χ2v) is 7.21. The second kappa shape index (κ2) is 8.87. The van der Waals surface area contributed by atoms with E-state index in [1.165, 1.54) is 7.11 Å². The third kappa shape index (κ3) is 4.35. The number of nitrogens with one attached hydrogen (secondary N) is 1. The van der Waals surface area contributed by atoms with Gasteiger partial charge in [0.05, 0.1) is 7.11 Å². The Kier molecular flexibility index (Phi) is 5.84. The maximum atomic E-state index is 12.6. The van der Waals surface area contributed by atoms with Crippen molar-refractivity contribution in [3.63, 3.8) is 0 Å². The highest BCUT2D eigenvalue weighted by molar-refractivity contribution is 5.85. The number of pyridine rings is 1. The van der Waals surface area contributed by atoms with E-state index < -0.39 is 12.1 Å². The fourth-order valence-electron chi connectivity index (χ4n) is 3.87. The predicted molar refractivity (Wildman–Crippen MR) is 115 cm³/mol. The number of hydrogen-bond acceptors (Lipinski definition) is 5. The molecule has 0 radical (unpaired) electrons. The lowest BCUT2D eigenvalue weighted by molar-refractivity contribution is -0.136. The predicted octanol–water partition coefficient (Wildman–Crippen LogP) is 4.47. The van der Waals surface area contributed by atoms with E-state index in [4.69, 9.17) is 14.6 Å². The number of nitrogens with zero attached hydrogens (tertiary/aromatic N) is 1. The highest BCUT2D eigenvalue weighted by Gasteiger charge is 2.29. The van der Waals surface area contributed by atoms with Crippen molar-refractivity contribution < 1.29 is 24.2 Å². The number of amides is 1. The Hall–Kier alpha value is -3.87. The average molecular weight is 418 g/mol. The van der Waals surface area contributed by atoms with Crippen molar-refractivity contribution in [2.75, 3.05) is 19.0 Å². The summed E-state index contributed by atoms with van der Waals surface area (Å²) in [5, 5.41) is 11.6. The minimum absolute atomic E-state index is 0.0529. The zero-order valence-electron chi connectivity index (χ0n) is 17.0. The molecule has 2 aromatic carbocycles. The van der Waals surface area contributed by atoms with Gasteiger partial charge in [-0.2, -0.15) is 4.98 Å². The van der Waals surface area contributed by atoms with Gasteiger partial charge < -0.3 is 14.6 Å². The first-order valence-corrected chi connectivity index (χ1v) is 9.94. The number of aromatic nitrogens is 1. The number of carboxylic acid groups (broad SMARTS) is 1. The van der Waals surface area contributed by atoms with Crippen LogP contribution < -0.4 is 10.1 Å². The molecule has 0 atom stereocenters. The van der Waals surface area contributed by atoms with Gasteiger partial charge in [-0.3, -0.25) is 10.1 Å². The molecule has 3 aromatic rings. The molecule has 0 saturated carbocycles. The normalized spacial score (nSPS) is 12.0. The topological polar surface area (TPSA) is 97.8 Å². The van der Waals surface area contributed by atoms with Crippen LogP contribution in [0.25, 0.3) is 11.1 Å². The molecular weight excluding hydrogens is 396 g/mol. The molecule has 31 heavy (non-hydrogen) atoms. The number of carbonyl (C=O) groups excluding carboxylic acids is 1. The van der Waals surface area contributed by atoms with Gasteiger partial charge in [-0.05, 0) is 40.3 Å². The van der Waals surface area contributed by atoms with Crippen LogP contribution in [0.15, 0.2) is 60.7 Å². The number of ether oxygens (including phenoxy) is 2. The largest absolute Gasteiger partial charge is 0.481 e. The van der Waals surface area contributed by atoms with E-state index in [1.54, 1.807) is 12.1 Å².